The molecule has 0 radical (unpaired) electrons. The van der Waals surface area contributed by atoms with Crippen LogP contribution in [0.5, 0.6) is 0 Å². The Labute approximate surface area is 152 Å². The van der Waals surface area contributed by atoms with E-state index in [1.807, 2.05) is 25.3 Å². The number of aromatic nitrogens is 2. The fourth-order valence-corrected chi connectivity index (χ4v) is 3.76. The summed E-state index contributed by atoms with van der Waals surface area (Å²) in [6.45, 7) is 6.55. The van der Waals surface area contributed by atoms with Crippen LogP contribution in [-0.2, 0) is 16.0 Å². The van der Waals surface area contributed by atoms with E-state index in [2.05, 4.69) is 14.9 Å². The van der Waals surface area contributed by atoms with Crippen LogP contribution in [0, 0.1) is 13.8 Å². The van der Waals surface area contributed by atoms with Gasteiger partial charge in [0.2, 0.25) is 0 Å². The van der Waals surface area contributed by atoms with E-state index in [0.29, 0.717) is 18.7 Å². The SMILES string of the molecule is COCCNC(=O)c1cc(-c2csc(C)n2)n(CC2CCCO2)c1C. The van der Waals surface area contributed by atoms with E-state index in [1.165, 1.54) is 0 Å². The molecule has 1 N–H and O–H groups in total. The Kier molecular flexibility index (Phi) is 5.88. The first-order valence-electron chi connectivity index (χ1n) is 8.61. The number of aryl methyl sites for hydroxylation is 1. The van der Waals surface area contributed by atoms with Gasteiger partial charge < -0.3 is 19.4 Å². The molecule has 25 heavy (non-hydrogen) atoms. The molecule has 1 atom stereocenters. The summed E-state index contributed by atoms with van der Waals surface area (Å²) in [6, 6.07) is 1.95. The van der Waals surface area contributed by atoms with Crippen molar-refractivity contribution in [3.05, 3.63) is 27.7 Å². The molecule has 0 spiro atoms. The molecule has 1 unspecified atom stereocenters. The first kappa shape index (κ1) is 18.1. The predicted octanol–water partition coefficient (Wildman–Crippen LogP) is 2.78. The van der Waals surface area contributed by atoms with Crippen LogP contribution in [0.15, 0.2) is 11.4 Å². The van der Waals surface area contributed by atoms with Crippen LogP contribution in [0.25, 0.3) is 11.4 Å². The van der Waals surface area contributed by atoms with E-state index >= 15 is 0 Å². The Morgan fingerprint density at radius 3 is 3.00 bits per heavy atom. The Balaban J connectivity index is 1.91. The molecule has 0 aromatic carbocycles. The third kappa shape index (κ3) is 4.11. The molecule has 0 saturated carbocycles. The van der Waals surface area contributed by atoms with Crippen LogP contribution < -0.4 is 5.32 Å². The lowest BCUT2D eigenvalue weighted by atomic mass is 10.2. The first-order chi connectivity index (χ1) is 12.1. The lowest BCUT2D eigenvalue weighted by molar-refractivity contribution is 0.0928. The molecule has 1 aliphatic rings. The highest BCUT2D eigenvalue weighted by Crippen LogP contribution is 2.29. The Hall–Kier alpha value is -1.70. The van der Waals surface area contributed by atoms with Gasteiger partial charge in [0.25, 0.3) is 5.91 Å². The van der Waals surface area contributed by atoms with Crippen LogP contribution in [0.2, 0.25) is 0 Å². The number of methoxy groups -OCH3 is 1. The molecule has 1 amide bonds. The molecule has 1 saturated heterocycles. The van der Waals surface area contributed by atoms with Gasteiger partial charge in [0.15, 0.2) is 0 Å². The maximum Gasteiger partial charge on any atom is 0.253 e. The topological polar surface area (TPSA) is 65.4 Å². The van der Waals surface area contributed by atoms with Crippen molar-refractivity contribution in [2.45, 2.75) is 39.3 Å². The number of thiazole rings is 1. The molecule has 0 aliphatic carbocycles. The van der Waals surface area contributed by atoms with Crippen molar-refractivity contribution in [1.82, 2.24) is 14.9 Å². The summed E-state index contributed by atoms with van der Waals surface area (Å²) in [5.41, 5.74) is 3.54. The monoisotopic (exact) mass is 363 g/mol. The van der Waals surface area contributed by atoms with Gasteiger partial charge in [-0.1, -0.05) is 0 Å². The summed E-state index contributed by atoms with van der Waals surface area (Å²) in [7, 11) is 1.62. The van der Waals surface area contributed by atoms with Gasteiger partial charge in [0, 0.05) is 37.9 Å². The lowest BCUT2D eigenvalue weighted by Gasteiger charge is -2.15. The van der Waals surface area contributed by atoms with Gasteiger partial charge in [0.05, 0.1) is 34.7 Å². The van der Waals surface area contributed by atoms with E-state index in [-0.39, 0.29) is 12.0 Å². The number of hydrogen-bond donors (Lipinski definition) is 1. The Morgan fingerprint density at radius 2 is 2.36 bits per heavy atom. The van der Waals surface area contributed by atoms with E-state index in [9.17, 15) is 4.79 Å². The van der Waals surface area contributed by atoms with Crippen molar-refractivity contribution < 1.29 is 14.3 Å². The molecular formula is C18H25N3O3S. The van der Waals surface area contributed by atoms with Crippen LogP contribution in [0.3, 0.4) is 0 Å². The van der Waals surface area contributed by atoms with Crippen LogP contribution in [0.4, 0.5) is 0 Å². The highest BCUT2D eigenvalue weighted by atomic mass is 32.1. The molecule has 1 aliphatic heterocycles. The quantitative estimate of drug-likeness (QED) is 0.768. The molecule has 1 fully saturated rings. The van der Waals surface area contributed by atoms with E-state index in [0.717, 1.165) is 48.1 Å². The van der Waals surface area contributed by atoms with Crippen molar-refractivity contribution in [1.29, 1.82) is 0 Å². The fraction of sp³-hybridized carbons (Fsp3) is 0.556. The molecule has 6 nitrogen and oxygen atoms in total. The number of hydrogen-bond acceptors (Lipinski definition) is 5. The third-order valence-electron chi connectivity index (χ3n) is 4.49. The summed E-state index contributed by atoms with van der Waals surface area (Å²) in [6.07, 6.45) is 2.36. The maximum absolute atomic E-state index is 12.6. The third-order valence-corrected chi connectivity index (χ3v) is 5.27. The van der Waals surface area contributed by atoms with Crippen molar-refractivity contribution >= 4 is 17.2 Å². The highest BCUT2D eigenvalue weighted by Gasteiger charge is 2.23. The van der Waals surface area contributed by atoms with Crippen molar-refractivity contribution in [2.75, 3.05) is 26.9 Å². The minimum atomic E-state index is -0.0751. The largest absolute Gasteiger partial charge is 0.383 e. The predicted molar refractivity (Wildman–Crippen MR) is 98.2 cm³/mol. The van der Waals surface area contributed by atoms with Crippen LogP contribution in [0.1, 0.15) is 33.9 Å². The van der Waals surface area contributed by atoms with Gasteiger partial charge in [-0.15, -0.1) is 11.3 Å². The number of nitrogens with zero attached hydrogens (tertiary/aromatic N) is 2. The van der Waals surface area contributed by atoms with Crippen LogP contribution >= 0.6 is 11.3 Å². The standard InChI is InChI=1S/C18H25N3O3S/c1-12-15(18(22)19-6-8-23-3)9-17(16-11-25-13(2)20-16)21(12)10-14-5-4-7-24-14/h9,11,14H,4-8,10H2,1-3H3,(H,19,22). The number of nitrogens with one attached hydrogen (secondary N) is 1. The molecule has 0 bridgehead atoms. The minimum absolute atomic E-state index is 0.0751. The average Bonchev–Trinajstić information content (AvgIpc) is 3.31. The first-order valence-corrected chi connectivity index (χ1v) is 9.49. The highest BCUT2D eigenvalue weighted by molar-refractivity contribution is 7.09. The van der Waals surface area contributed by atoms with Crippen LogP contribution in [-0.4, -0.2) is 48.4 Å². The molecule has 2 aromatic rings. The smallest absolute Gasteiger partial charge is 0.253 e. The second-order valence-corrected chi connectivity index (χ2v) is 7.34. The van der Waals surface area contributed by atoms with Gasteiger partial charge in [0.1, 0.15) is 0 Å². The number of carbonyl (C=O) groups is 1. The molecule has 136 valence electrons. The number of ether oxygens (including phenoxy) is 2. The normalized spacial score (nSPS) is 17.2. The molecular weight excluding hydrogens is 338 g/mol. The Morgan fingerprint density at radius 1 is 1.52 bits per heavy atom. The van der Waals surface area contributed by atoms with Crippen molar-refractivity contribution in [3.63, 3.8) is 0 Å². The zero-order chi connectivity index (χ0) is 17.8. The number of rotatable bonds is 7. The van der Waals surface area contributed by atoms with Gasteiger partial charge in [-0.2, -0.15) is 0 Å². The average molecular weight is 363 g/mol. The van der Waals surface area contributed by atoms with Gasteiger partial charge in [-0.25, -0.2) is 4.98 Å². The van der Waals surface area contributed by atoms with Crippen molar-refractivity contribution in [2.24, 2.45) is 0 Å². The van der Waals surface area contributed by atoms with Gasteiger partial charge in [-0.05, 0) is 32.8 Å². The van der Waals surface area contributed by atoms with Crippen molar-refractivity contribution in [3.8, 4) is 11.4 Å². The summed E-state index contributed by atoms with van der Waals surface area (Å²) >= 11 is 1.62. The second-order valence-electron chi connectivity index (χ2n) is 6.27. The summed E-state index contributed by atoms with van der Waals surface area (Å²) in [4.78, 5) is 17.2. The summed E-state index contributed by atoms with van der Waals surface area (Å²) in [5.74, 6) is -0.0751. The molecule has 3 rings (SSSR count). The summed E-state index contributed by atoms with van der Waals surface area (Å²) in [5, 5.41) is 5.97. The second kappa shape index (κ2) is 8.12. The lowest BCUT2D eigenvalue weighted by Crippen LogP contribution is -2.27. The molecule has 3 heterocycles. The van der Waals surface area contributed by atoms with E-state index in [1.54, 1.807) is 18.4 Å². The maximum atomic E-state index is 12.6. The number of amides is 1. The zero-order valence-corrected chi connectivity index (χ0v) is 15.8. The van der Waals surface area contributed by atoms with E-state index < -0.39 is 0 Å². The van der Waals surface area contributed by atoms with E-state index in [4.69, 9.17) is 9.47 Å². The van der Waals surface area contributed by atoms with Gasteiger partial charge >= 0.3 is 0 Å². The Bertz CT molecular complexity index is 732. The fourth-order valence-electron chi connectivity index (χ4n) is 3.16. The minimum Gasteiger partial charge on any atom is -0.383 e. The zero-order valence-electron chi connectivity index (χ0n) is 15.0. The number of carbonyl (C=O) groups excluding carboxylic acids is 1. The summed E-state index contributed by atoms with van der Waals surface area (Å²) < 4.78 is 13.0. The molecule has 2 aromatic heterocycles. The molecule has 7 heteroatoms. The van der Waals surface area contributed by atoms with Gasteiger partial charge in [-0.3, -0.25) is 4.79 Å².